The minimum absolute atomic E-state index is 0.0730. The summed E-state index contributed by atoms with van der Waals surface area (Å²) in [5.74, 6) is 2.35. The number of terminal acetylenes is 1. The van der Waals surface area contributed by atoms with Gasteiger partial charge in [-0.25, -0.2) is 0 Å². The first-order chi connectivity index (χ1) is 11.0. The van der Waals surface area contributed by atoms with Gasteiger partial charge in [0, 0.05) is 31.5 Å². The SMILES string of the molecule is C#CCCCCC(=O)Nc1cc(C(=O)N(CC)CC)ccc1Cl. The Balaban J connectivity index is 2.76. The second-order valence-electron chi connectivity index (χ2n) is 5.13. The summed E-state index contributed by atoms with van der Waals surface area (Å²) in [4.78, 5) is 26.0. The van der Waals surface area contributed by atoms with E-state index in [4.69, 9.17) is 18.0 Å². The largest absolute Gasteiger partial charge is 0.339 e. The average Bonchev–Trinajstić information content (AvgIpc) is 2.54. The Hall–Kier alpha value is -1.99. The molecule has 0 aromatic heterocycles. The molecular formula is C18H23ClN2O2. The molecule has 0 aliphatic rings. The monoisotopic (exact) mass is 334 g/mol. The van der Waals surface area contributed by atoms with Crippen LogP contribution in [0.3, 0.4) is 0 Å². The molecule has 2 amide bonds. The van der Waals surface area contributed by atoms with Crippen molar-refractivity contribution < 1.29 is 9.59 Å². The van der Waals surface area contributed by atoms with E-state index >= 15 is 0 Å². The minimum atomic E-state index is -0.128. The first kappa shape index (κ1) is 19.1. The molecule has 5 heteroatoms. The Morgan fingerprint density at radius 2 is 1.96 bits per heavy atom. The second-order valence-corrected chi connectivity index (χ2v) is 5.54. The maximum atomic E-state index is 12.4. The van der Waals surface area contributed by atoms with E-state index in [0.29, 0.717) is 42.2 Å². The molecule has 1 aromatic carbocycles. The number of benzene rings is 1. The number of amides is 2. The summed E-state index contributed by atoms with van der Waals surface area (Å²) < 4.78 is 0. The van der Waals surface area contributed by atoms with Gasteiger partial charge in [-0.2, -0.15) is 0 Å². The lowest BCUT2D eigenvalue weighted by atomic mass is 10.1. The summed E-state index contributed by atoms with van der Waals surface area (Å²) in [7, 11) is 0. The average molecular weight is 335 g/mol. The molecule has 0 saturated carbocycles. The van der Waals surface area contributed by atoms with Crippen LogP contribution in [0.2, 0.25) is 5.02 Å². The van der Waals surface area contributed by atoms with Crippen molar-refractivity contribution in [1.29, 1.82) is 0 Å². The van der Waals surface area contributed by atoms with Crippen LogP contribution >= 0.6 is 11.6 Å². The van der Waals surface area contributed by atoms with Crippen molar-refractivity contribution in [2.45, 2.75) is 39.5 Å². The van der Waals surface area contributed by atoms with Gasteiger partial charge in [0.1, 0.15) is 0 Å². The van der Waals surface area contributed by atoms with Crippen LogP contribution in [0.4, 0.5) is 5.69 Å². The molecule has 0 saturated heterocycles. The van der Waals surface area contributed by atoms with Crippen LogP contribution in [0, 0.1) is 12.3 Å². The fourth-order valence-corrected chi connectivity index (χ4v) is 2.34. The van der Waals surface area contributed by atoms with Gasteiger partial charge >= 0.3 is 0 Å². The van der Waals surface area contributed by atoms with Crippen molar-refractivity contribution in [1.82, 2.24) is 4.90 Å². The van der Waals surface area contributed by atoms with Gasteiger partial charge in [0.15, 0.2) is 0 Å². The van der Waals surface area contributed by atoms with E-state index in [9.17, 15) is 9.59 Å². The predicted molar refractivity (Wildman–Crippen MR) is 94.6 cm³/mol. The number of halogens is 1. The summed E-state index contributed by atoms with van der Waals surface area (Å²) >= 11 is 6.11. The minimum Gasteiger partial charge on any atom is -0.339 e. The summed E-state index contributed by atoms with van der Waals surface area (Å²) in [5.41, 5.74) is 0.979. The van der Waals surface area contributed by atoms with Crippen LogP contribution in [-0.2, 0) is 4.79 Å². The lowest BCUT2D eigenvalue weighted by Crippen LogP contribution is -2.30. The molecule has 0 heterocycles. The third-order valence-electron chi connectivity index (χ3n) is 3.51. The van der Waals surface area contributed by atoms with Crippen LogP contribution in [0.5, 0.6) is 0 Å². The summed E-state index contributed by atoms with van der Waals surface area (Å²) in [6.07, 6.45) is 7.77. The fourth-order valence-electron chi connectivity index (χ4n) is 2.17. The van der Waals surface area contributed by atoms with E-state index in [0.717, 1.165) is 12.8 Å². The Bertz CT molecular complexity index is 589. The first-order valence-electron chi connectivity index (χ1n) is 7.85. The van der Waals surface area contributed by atoms with Crippen molar-refractivity contribution in [2.24, 2.45) is 0 Å². The molecule has 0 bridgehead atoms. The third-order valence-corrected chi connectivity index (χ3v) is 3.84. The summed E-state index contributed by atoms with van der Waals surface area (Å²) in [6, 6.07) is 4.93. The highest BCUT2D eigenvalue weighted by Gasteiger charge is 2.15. The maximum absolute atomic E-state index is 12.4. The van der Waals surface area contributed by atoms with Gasteiger partial charge in [0.25, 0.3) is 5.91 Å². The molecule has 1 N–H and O–H groups in total. The lowest BCUT2D eigenvalue weighted by molar-refractivity contribution is -0.116. The van der Waals surface area contributed by atoms with Crippen LogP contribution in [0.15, 0.2) is 18.2 Å². The molecule has 124 valence electrons. The molecule has 0 spiro atoms. The number of carbonyl (C=O) groups excluding carboxylic acids is 2. The topological polar surface area (TPSA) is 49.4 Å². The fraction of sp³-hybridized carbons (Fsp3) is 0.444. The van der Waals surface area contributed by atoms with E-state index in [1.165, 1.54) is 0 Å². The molecule has 0 aliphatic heterocycles. The van der Waals surface area contributed by atoms with E-state index in [-0.39, 0.29) is 11.8 Å². The number of unbranched alkanes of at least 4 members (excludes halogenated alkanes) is 2. The van der Waals surface area contributed by atoms with Gasteiger partial charge in [-0.3, -0.25) is 9.59 Å². The second kappa shape index (κ2) is 9.91. The Labute approximate surface area is 143 Å². The van der Waals surface area contributed by atoms with Crippen molar-refractivity contribution in [3.63, 3.8) is 0 Å². The molecule has 0 atom stereocenters. The molecule has 1 aromatic rings. The van der Waals surface area contributed by atoms with E-state index in [1.54, 1.807) is 23.1 Å². The van der Waals surface area contributed by atoms with Crippen molar-refractivity contribution in [2.75, 3.05) is 18.4 Å². The number of hydrogen-bond acceptors (Lipinski definition) is 2. The number of hydrogen-bond donors (Lipinski definition) is 1. The predicted octanol–water partition coefficient (Wildman–Crippen LogP) is 3.95. The van der Waals surface area contributed by atoms with Crippen molar-refractivity contribution in [3.05, 3.63) is 28.8 Å². The van der Waals surface area contributed by atoms with Gasteiger partial charge in [-0.15, -0.1) is 12.3 Å². The van der Waals surface area contributed by atoms with Gasteiger partial charge in [0.05, 0.1) is 10.7 Å². The molecule has 1 rings (SSSR count). The Morgan fingerprint density at radius 3 is 2.57 bits per heavy atom. The lowest BCUT2D eigenvalue weighted by Gasteiger charge is -2.19. The van der Waals surface area contributed by atoms with Gasteiger partial charge in [0.2, 0.25) is 5.91 Å². The van der Waals surface area contributed by atoms with Gasteiger partial charge in [-0.1, -0.05) is 11.6 Å². The van der Waals surface area contributed by atoms with Gasteiger partial charge in [-0.05, 0) is 44.9 Å². The number of anilines is 1. The Morgan fingerprint density at radius 1 is 1.26 bits per heavy atom. The third kappa shape index (κ3) is 5.96. The highest BCUT2D eigenvalue weighted by Crippen LogP contribution is 2.24. The van der Waals surface area contributed by atoms with E-state index in [1.807, 2.05) is 13.8 Å². The zero-order chi connectivity index (χ0) is 17.2. The van der Waals surface area contributed by atoms with E-state index in [2.05, 4.69) is 11.2 Å². The number of nitrogens with zero attached hydrogens (tertiary/aromatic N) is 1. The molecule has 0 radical (unpaired) electrons. The Kier molecular flexibility index (Phi) is 8.21. The van der Waals surface area contributed by atoms with Crippen LogP contribution in [0.1, 0.15) is 49.9 Å². The van der Waals surface area contributed by atoms with Crippen molar-refractivity contribution >= 4 is 29.1 Å². The highest BCUT2D eigenvalue weighted by atomic mass is 35.5. The smallest absolute Gasteiger partial charge is 0.253 e. The molecule has 0 unspecified atom stereocenters. The van der Waals surface area contributed by atoms with Crippen LogP contribution < -0.4 is 5.32 Å². The molecular weight excluding hydrogens is 312 g/mol. The van der Waals surface area contributed by atoms with E-state index < -0.39 is 0 Å². The molecule has 4 nitrogen and oxygen atoms in total. The molecule has 23 heavy (non-hydrogen) atoms. The van der Waals surface area contributed by atoms with Crippen LogP contribution in [0.25, 0.3) is 0 Å². The normalized spacial score (nSPS) is 10.0. The van der Waals surface area contributed by atoms with Crippen LogP contribution in [-0.4, -0.2) is 29.8 Å². The number of carbonyl (C=O) groups is 2. The standard InChI is InChI=1S/C18H23ClN2O2/c1-4-7-8-9-10-17(22)20-16-13-14(11-12-15(16)19)18(23)21(5-2)6-3/h1,11-13H,5-10H2,2-3H3,(H,20,22). The zero-order valence-electron chi connectivity index (χ0n) is 13.7. The van der Waals surface area contributed by atoms with Crippen molar-refractivity contribution in [3.8, 4) is 12.3 Å². The highest BCUT2D eigenvalue weighted by molar-refractivity contribution is 6.33. The molecule has 0 fully saturated rings. The maximum Gasteiger partial charge on any atom is 0.253 e. The summed E-state index contributed by atoms with van der Waals surface area (Å²) in [6.45, 7) is 5.12. The zero-order valence-corrected chi connectivity index (χ0v) is 14.4. The summed E-state index contributed by atoms with van der Waals surface area (Å²) in [5, 5.41) is 3.18. The van der Waals surface area contributed by atoms with Gasteiger partial charge < -0.3 is 10.2 Å². The number of nitrogens with one attached hydrogen (secondary N) is 1. The molecule has 0 aliphatic carbocycles. The number of rotatable bonds is 8. The first-order valence-corrected chi connectivity index (χ1v) is 8.23. The quantitative estimate of drug-likeness (QED) is 0.578.